The number of rotatable bonds is 3. The lowest BCUT2D eigenvalue weighted by molar-refractivity contribution is -0.137. The van der Waals surface area contributed by atoms with E-state index in [1.165, 1.54) is 23.5 Å². The first-order valence-electron chi connectivity index (χ1n) is 8.39. The number of nitrogens with zero attached hydrogens (tertiary/aromatic N) is 6. The normalized spacial score (nSPS) is 14.9. The van der Waals surface area contributed by atoms with Crippen molar-refractivity contribution in [1.29, 1.82) is 5.26 Å². The number of nitriles is 1. The molecule has 1 aromatic carbocycles. The number of piperazine rings is 1. The molecule has 0 spiro atoms. The predicted molar refractivity (Wildman–Crippen MR) is 98.1 cm³/mol. The zero-order valence-corrected chi connectivity index (χ0v) is 15.3. The first kappa shape index (κ1) is 18.2. The Morgan fingerprint density at radius 3 is 2.36 bits per heavy atom. The fourth-order valence-electron chi connectivity index (χ4n) is 3.02. The number of halogens is 3. The molecule has 1 fully saturated rings. The molecule has 28 heavy (non-hydrogen) atoms. The van der Waals surface area contributed by atoms with Crippen LogP contribution in [0.2, 0.25) is 0 Å². The Labute approximate surface area is 162 Å². The van der Waals surface area contributed by atoms with Crippen molar-refractivity contribution in [2.24, 2.45) is 0 Å². The van der Waals surface area contributed by atoms with Gasteiger partial charge < -0.3 is 9.80 Å². The van der Waals surface area contributed by atoms with Gasteiger partial charge in [0.05, 0.1) is 5.56 Å². The standard InChI is InChI=1S/C17H14F3N7S/c18-17(19,20)11-1-3-12(4-2-11)26-5-7-27(8-6-26)16-22-14(10-28-16)15-13(9-21)23-25-24-15/h1-4,10H,5-8H2,(H,23,24,25). The van der Waals surface area contributed by atoms with E-state index in [4.69, 9.17) is 5.26 Å². The SMILES string of the molecule is N#Cc1n[nH]nc1-c1csc(N2CCN(c3ccc(C(F)(F)F)cc3)CC2)n1. The van der Waals surface area contributed by atoms with Crippen molar-refractivity contribution in [3.63, 3.8) is 0 Å². The maximum absolute atomic E-state index is 12.7. The molecule has 0 unspecified atom stereocenters. The molecule has 0 aliphatic carbocycles. The molecule has 1 saturated heterocycles. The zero-order chi connectivity index (χ0) is 19.7. The van der Waals surface area contributed by atoms with Crippen LogP contribution in [-0.4, -0.2) is 46.6 Å². The number of nitrogens with one attached hydrogen (secondary N) is 1. The number of alkyl halides is 3. The summed E-state index contributed by atoms with van der Waals surface area (Å²) in [6.07, 6.45) is -4.32. The van der Waals surface area contributed by atoms with Gasteiger partial charge in [0.15, 0.2) is 10.8 Å². The minimum Gasteiger partial charge on any atom is -0.368 e. The Morgan fingerprint density at radius 1 is 1.04 bits per heavy atom. The highest BCUT2D eigenvalue weighted by molar-refractivity contribution is 7.14. The van der Waals surface area contributed by atoms with Gasteiger partial charge in [0.1, 0.15) is 17.5 Å². The van der Waals surface area contributed by atoms with Crippen LogP contribution in [0.5, 0.6) is 0 Å². The van der Waals surface area contributed by atoms with Crippen molar-refractivity contribution >= 4 is 22.2 Å². The molecule has 144 valence electrons. The minimum atomic E-state index is -4.32. The van der Waals surface area contributed by atoms with Gasteiger partial charge in [-0.15, -0.1) is 16.4 Å². The summed E-state index contributed by atoms with van der Waals surface area (Å²) in [6, 6.07) is 7.21. The lowest BCUT2D eigenvalue weighted by Crippen LogP contribution is -2.46. The van der Waals surface area contributed by atoms with E-state index in [2.05, 4.69) is 30.2 Å². The van der Waals surface area contributed by atoms with Gasteiger partial charge in [0, 0.05) is 37.2 Å². The second-order valence-corrected chi connectivity index (χ2v) is 7.00. The number of H-pyrrole nitrogens is 1. The molecule has 2 aromatic heterocycles. The first-order valence-corrected chi connectivity index (χ1v) is 9.27. The summed E-state index contributed by atoms with van der Waals surface area (Å²) < 4.78 is 38.1. The number of hydrogen-bond donors (Lipinski definition) is 1. The largest absolute Gasteiger partial charge is 0.416 e. The molecule has 7 nitrogen and oxygen atoms in total. The third-order valence-corrected chi connectivity index (χ3v) is 5.40. The van der Waals surface area contributed by atoms with E-state index in [0.29, 0.717) is 37.6 Å². The molecule has 1 N–H and O–H groups in total. The summed E-state index contributed by atoms with van der Waals surface area (Å²) in [5.41, 5.74) is 1.34. The van der Waals surface area contributed by atoms with Crippen LogP contribution >= 0.6 is 11.3 Å². The number of aromatic nitrogens is 4. The van der Waals surface area contributed by atoms with Gasteiger partial charge in [0.25, 0.3) is 0 Å². The molecule has 0 saturated carbocycles. The van der Waals surface area contributed by atoms with E-state index in [9.17, 15) is 13.2 Å². The van der Waals surface area contributed by atoms with Gasteiger partial charge in [-0.2, -0.15) is 28.7 Å². The van der Waals surface area contributed by atoms with Crippen LogP contribution in [0, 0.1) is 11.3 Å². The topological polar surface area (TPSA) is 84.7 Å². The van der Waals surface area contributed by atoms with E-state index in [0.717, 1.165) is 23.0 Å². The predicted octanol–water partition coefficient (Wildman–Crippen LogP) is 3.15. The quantitative estimate of drug-likeness (QED) is 0.721. The van der Waals surface area contributed by atoms with Gasteiger partial charge in [0.2, 0.25) is 0 Å². The van der Waals surface area contributed by atoms with Crippen LogP contribution in [-0.2, 0) is 6.18 Å². The van der Waals surface area contributed by atoms with Crippen LogP contribution in [0.25, 0.3) is 11.4 Å². The van der Waals surface area contributed by atoms with Gasteiger partial charge in [-0.05, 0) is 24.3 Å². The van der Waals surface area contributed by atoms with Crippen molar-refractivity contribution < 1.29 is 13.2 Å². The van der Waals surface area contributed by atoms with Gasteiger partial charge >= 0.3 is 6.18 Å². The summed E-state index contributed by atoms with van der Waals surface area (Å²) >= 11 is 1.46. The third-order valence-electron chi connectivity index (χ3n) is 4.50. The monoisotopic (exact) mass is 405 g/mol. The van der Waals surface area contributed by atoms with Crippen molar-refractivity contribution in [3.8, 4) is 17.5 Å². The fraction of sp³-hybridized carbons (Fsp3) is 0.294. The van der Waals surface area contributed by atoms with Crippen LogP contribution in [0.15, 0.2) is 29.6 Å². The Morgan fingerprint density at radius 2 is 1.71 bits per heavy atom. The molecule has 1 aliphatic heterocycles. The average Bonchev–Trinajstić information content (AvgIpc) is 3.36. The summed E-state index contributed by atoms with van der Waals surface area (Å²) in [5.74, 6) is 0. The van der Waals surface area contributed by atoms with Crippen molar-refractivity contribution in [2.75, 3.05) is 36.0 Å². The summed E-state index contributed by atoms with van der Waals surface area (Å²) in [6.45, 7) is 2.73. The molecule has 1 aliphatic rings. The average molecular weight is 405 g/mol. The molecule has 0 atom stereocenters. The summed E-state index contributed by atoms with van der Waals surface area (Å²) in [7, 11) is 0. The van der Waals surface area contributed by atoms with Gasteiger partial charge in [-0.25, -0.2) is 4.98 Å². The van der Waals surface area contributed by atoms with Crippen molar-refractivity contribution in [1.82, 2.24) is 20.4 Å². The lowest BCUT2D eigenvalue weighted by Gasteiger charge is -2.36. The maximum atomic E-state index is 12.7. The number of aromatic amines is 1. The minimum absolute atomic E-state index is 0.198. The van der Waals surface area contributed by atoms with Crippen LogP contribution < -0.4 is 9.80 Å². The summed E-state index contributed by atoms with van der Waals surface area (Å²) in [5, 5.41) is 21.9. The van der Waals surface area contributed by atoms with Crippen LogP contribution in [0.3, 0.4) is 0 Å². The van der Waals surface area contributed by atoms with E-state index >= 15 is 0 Å². The number of thiazole rings is 1. The molecule has 0 bridgehead atoms. The van der Waals surface area contributed by atoms with E-state index in [-0.39, 0.29) is 5.69 Å². The first-order chi connectivity index (χ1) is 13.5. The Kier molecular flexibility index (Phi) is 4.64. The number of benzene rings is 1. The number of anilines is 2. The molecule has 3 aromatic rings. The van der Waals surface area contributed by atoms with Gasteiger partial charge in [-0.3, -0.25) is 0 Å². The number of hydrogen-bond acceptors (Lipinski definition) is 7. The Balaban J connectivity index is 1.42. The van der Waals surface area contributed by atoms with Crippen molar-refractivity contribution in [3.05, 3.63) is 40.9 Å². The second kappa shape index (κ2) is 7.12. The Hall–Kier alpha value is -3.13. The van der Waals surface area contributed by atoms with Gasteiger partial charge in [-0.1, -0.05) is 0 Å². The lowest BCUT2D eigenvalue weighted by atomic mass is 10.1. The fourth-order valence-corrected chi connectivity index (χ4v) is 3.89. The highest BCUT2D eigenvalue weighted by Gasteiger charge is 2.30. The Bertz CT molecular complexity index is 995. The van der Waals surface area contributed by atoms with E-state index in [1.54, 1.807) is 0 Å². The molecule has 4 rings (SSSR count). The smallest absolute Gasteiger partial charge is 0.368 e. The van der Waals surface area contributed by atoms with Crippen LogP contribution in [0.1, 0.15) is 11.3 Å². The molecule has 11 heteroatoms. The highest BCUT2D eigenvalue weighted by Crippen LogP contribution is 2.32. The zero-order valence-electron chi connectivity index (χ0n) is 14.4. The van der Waals surface area contributed by atoms with E-state index in [1.807, 2.05) is 11.4 Å². The van der Waals surface area contributed by atoms with Crippen molar-refractivity contribution in [2.45, 2.75) is 6.18 Å². The van der Waals surface area contributed by atoms with Crippen LogP contribution in [0.4, 0.5) is 24.0 Å². The molecular formula is C17H14F3N7S. The molecule has 0 radical (unpaired) electrons. The second-order valence-electron chi connectivity index (χ2n) is 6.17. The van der Waals surface area contributed by atoms with E-state index < -0.39 is 11.7 Å². The summed E-state index contributed by atoms with van der Waals surface area (Å²) in [4.78, 5) is 8.71. The third kappa shape index (κ3) is 3.50. The highest BCUT2D eigenvalue weighted by atomic mass is 32.1. The maximum Gasteiger partial charge on any atom is 0.416 e. The molecule has 0 amide bonds. The molecular weight excluding hydrogens is 391 g/mol. The molecule has 3 heterocycles.